The van der Waals surface area contributed by atoms with E-state index >= 15 is 0 Å². The van der Waals surface area contributed by atoms with Gasteiger partial charge in [-0.05, 0) is 24.1 Å². The van der Waals surface area contributed by atoms with Crippen LogP contribution in [0, 0.1) is 0 Å². The molecule has 0 saturated heterocycles. The minimum atomic E-state index is 0.306. The molecule has 88 valence electrons. The molecule has 0 aliphatic rings. The Labute approximate surface area is 102 Å². The highest BCUT2D eigenvalue weighted by molar-refractivity contribution is 5.66. The van der Waals surface area contributed by atoms with E-state index in [4.69, 9.17) is 5.73 Å². The smallest absolute Gasteiger partial charge is 0.0578 e. The number of para-hydroxylation sites is 2. The Balaban J connectivity index is 2.19. The van der Waals surface area contributed by atoms with Crippen LogP contribution in [0.2, 0.25) is 0 Å². The van der Waals surface area contributed by atoms with E-state index in [1.165, 1.54) is 5.56 Å². The zero-order chi connectivity index (χ0) is 12.1. The van der Waals surface area contributed by atoms with Crippen LogP contribution in [-0.2, 0) is 0 Å². The van der Waals surface area contributed by atoms with Crippen molar-refractivity contribution in [3.05, 3.63) is 60.2 Å². The number of hydrogen-bond acceptors (Lipinski definition) is 2. The third kappa shape index (κ3) is 2.78. The number of rotatable bonds is 4. The summed E-state index contributed by atoms with van der Waals surface area (Å²) in [4.78, 5) is 0. The van der Waals surface area contributed by atoms with Crippen LogP contribution in [0.3, 0.4) is 0 Å². The van der Waals surface area contributed by atoms with Gasteiger partial charge in [-0.15, -0.1) is 0 Å². The summed E-state index contributed by atoms with van der Waals surface area (Å²) < 4.78 is 0. The van der Waals surface area contributed by atoms with Crippen LogP contribution in [0.25, 0.3) is 0 Å². The normalized spacial score (nSPS) is 12.1. The number of benzene rings is 2. The molecule has 0 unspecified atom stereocenters. The molecule has 2 heteroatoms. The SMILES string of the molecule is CC[C@@H](Nc1ccccc1N)c1ccccc1. The molecular weight excluding hydrogens is 208 g/mol. The molecule has 1 atom stereocenters. The second kappa shape index (κ2) is 5.39. The summed E-state index contributed by atoms with van der Waals surface area (Å²) in [5, 5.41) is 3.49. The van der Waals surface area contributed by atoms with Crippen molar-refractivity contribution in [2.45, 2.75) is 19.4 Å². The van der Waals surface area contributed by atoms with Crippen LogP contribution in [0.15, 0.2) is 54.6 Å². The summed E-state index contributed by atoms with van der Waals surface area (Å²) in [5.41, 5.74) is 9.03. The van der Waals surface area contributed by atoms with E-state index < -0.39 is 0 Å². The lowest BCUT2D eigenvalue weighted by molar-refractivity contribution is 0.750. The van der Waals surface area contributed by atoms with Gasteiger partial charge in [-0.3, -0.25) is 0 Å². The van der Waals surface area contributed by atoms with Crippen LogP contribution in [0.4, 0.5) is 11.4 Å². The third-order valence-electron chi connectivity index (χ3n) is 2.90. The van der Waals surface area contributed by atoms with Crippen LogP contribution in [-0.4, -0.2) is 0 Å². The van der Waals surface area contributed by atoms with E-state index in [0.717, 1.165) is 17.8 Å². The van der Waals surface area contributed by atoms with Gasteiger partial charge in [-0.25, -0.2) is 0 Å². The van der Waals surface area contributed by atoms with E-state index in [-0.39, 0.29) is 0 Å². The maximum atomic E-state index is 5.94. The molecular formula is C15H18N2. The highest BCUT2D eigenvalue weighted by atomic mass is 14.9. The first-order valence-electron chi connectivity index (χ1n) is 5.97. The molecule has 0 saturated carbocycles. The minimum absolute atomic E-state index is 0.306. The standard InChI is InChI=1S/C15H18N2/c1-2-14(12-8-4-3-5-9-12)17-15-11-7-6-10-13(15)16/h3-11,14,17H,2,16H2,1H3/t14-/m1/s1. The van der Waals surface area contributed by atoms with Crippen molar-refractivity contribution in [3.8, 4) is 0 Å². The molecule has 0 aromatic heterocycles. The molecule has 0 bridgehead atoms. The zero-order valence-corrected chi connectivity index (χ0v) is 10.1. The predicted octanol–water partition coefficient (Wildman–Crippen LogP) is 3.83. The first-order valence-corrected chi connectivity index (χ1v) is 5.97. The predicted molar refractivity (Wildman–Crippen MR) is 74.0 cm³/mol. The number of hydrogen-bond donors (Lipinski definition) is 2. The van der Waals surface area contributed by atoms with Crippen LogP contribution in [0.5, 0.6) is 0 Å². The maximum Gasteiger partial charge on any atom is 0.0578 e. The fraction of sp³-hybridized carbons (Fsp3) is 0.200. The van der Waals surface area contributed by atoms with Crippen molar-refractivity contribution in [1.29, 1.82) is 0 Å². The summed E-state index contributed by atoms with van der Waals surface area (Å²) >= 11 is 0. The monoisotopic (exact) mass is 226 g/mol. The molecule has 0 heterocycles. The zero-order valence-electron chi connectivity index (χ0n) is 10.1. The summed E-state index contributed by atoms with van der Waals surface area (Å²) in [7, 11) is 0. The van der Waals surface area contributed by atoms with Crippen molar-refractivity contribution in [3.63, 3.8) is 0 Å². The fourth-order valence-corrected chi connectivity index (χ4v) is 1.92. The van der Waals surface area contributed by atoms with Crippen LogP contribution in [0.1, 0.15) is 24.9 Å². The van der Waals surface area contributed by atoms with Gasteiger partial charge >= 0.3 is 0 Å². The molecule has 2 aromatic carbocycles. The molecule has 2 rings (SSSR count). The average Bonchev–Trinajstić information content (AvgIpc) is 2.39. The highest BCUT2D eigenvalue weighted by Crippen LogP contribution is 2.25. The second-order valence-electron chi connectivity index (χ2n) is 4.10. The summed E-state index contributed by atoms with van der Waals surface area (Å²) in [5.74, 6) is 0. The molecule has 0 amide bonds. The number of nitrogens with one attached hydrogen (secondary N) is 1. The van der Waals surface area contributed by atoms with Gasteiger partial charge in [0.05, 0.1) is 17.4 Å². The molecule has 0 fully saturated rings. The summed E-state index contributed by atoms with van der Waals surface area (Å²) in [6.07, 6.45) is 1.03. The third-order valence-corrected chi connectivity index (χ3v) is 2.90. The summed E-state index contributed by atoms with van der Waals surface area (Å²) in [6.45, 7) is 2.17. The van der Waals surface area contributed by atoms with Gasteiger partial charge in [0.2, 0.25) is 0 Å². The van der Waals surface area contributed by atoms with Crippen molar-refractivity contribution < 1.29 is 0 Å². The Morgan fingerprint density at radius 3 is 2.29 bits per heavy atom. The van der Waals surface area contributed by atoms with Gasteiger partial charge in [-0.2, -0.15) is 0 Å². The Bertz CT molecular complexity index is 465. The first-order chi connectivity index (χ1) is 8.31. The van der Waals surface area contributed by atoms with Crippen LogP contribution < -0.4 is 11.1 Å². The maximum absolute atomic E-state index is 5.94. The molecule has 3 N–H and O–H groups in total. The quantitative estimate of drug-likeness (QED) is 0.777. The van der Waals surface area contributed by atoms with E-state index in [1.54, 1.807) is 0 Å². The van der Waals surface area contributed by atoms with Crippen molar-refractivity contribution in [2.75, 3.05) is 11.1 Å². The van der Waals surface area contributed by atoms with E-state index in [0.29, 0.717) is 6.04 Å². The lowest BCUT2D eigenvalue weighted by Gasteiger charge is -2.19. The van der Waals surface area contributed by atoms with Crippen LogP contribution >= 0.6 is 0 Å². The molecule has 0 radical (unpaired) electrons. The van der Waals surface area contributed by atoms with Gasteiger partial charge in [0, 0.05) is 0 Å². The van der Waals surface area contributed by atoms with Gasteiger partial charge in [-0.1, -0.05) is 49.4 Å². The second-order valence-corrected chi connectivity index (χ2v) is 4.10. The average molecular weight is 226 g/mol. The number of nitrogens with two attached hydrogens (primary N) is 1. The number of nitrogen functional groups attached to an aromatic ring is 1. The number of anilines is 2. The lowest BCUT2D eigenvalue weighted by atomic mass is 10.0. The van der Waals surface area contributed by atoms with Gasteiger partial charge in [0.15, 0.2) is 0 Å². The Morgan fingerprint density at radius 1 is 1.00 bits per heavy atom. The molecule has 17 heavy (non-hydrogen) atoms. The molecule has 2 nitrogen and oxygen atoms in total. The van der Waals surface area contributed by atoms with E-state index in [2.05, 4.69) is 36.5 Å². The van der Waals surface area contributed by atoms with Crippen molar-refractivity contribution >= 4 is 11.4 Å². The molecule has 0 aliphatic carbocycles. The minimum Gasteiger partial charge on any atom is -0.397 e. The van der Waals surface area contributed by atoms with Gasteiger partial charge in [0.25, 0.3) is 0 Å². The lowest BCUT2D eigenvalue weighted by Crippen LogP contribution is -2.10. The Morgan fingerprint density at radius 2 is 1.65 bits per heavy atom. The van der Waals surface area contributed by atoms with E-state index in [1.807, 2.05) is 30.3 Å². The largest absolute Gasteiger partial charge is 0.397 e. The molecule has 0 aliphatic heterocycles. The first kappa shape index (κ1) is 11.5. The Hall–Kier alpha value is -1.96. The van der Waals surface area contributed by atoms with Gasteiger partial charge in [0.1, 0.15) is 0 Å². The molecule has 0 spiro atoms. The Kier molecular flexibility index (Phi) is 3.66. The van der Waals surface area contributed by atoms with Crippen molar-refractivity contribution in [1.82, 2.24) is 0 Å². The van der Waals surface area contributed by atoms with Gasteiger partial charge < -0.3 is 11.1 Å². The fourth-order valence-electron chi connectivity index (χ4n) is 1.92. The topological polar surface area (TPSA) is 38.0 Å². The highest BCUT2D eigenvalue weighted by Gasteiger charge is 2.09. The summed E-state index contributed by atoms with van der Waals surface area (Å²) in [6, 6.07) is 18.6. The van der Waals surface area contributed by atoms with E-state index in [9.17, 15) is 0 Å². The molecule has 2 aromatic rings. The van der Waals surface area contributed by atoms with Crippen molar-refractivity contribution in [2.24, 2.45) is 0 Å².